The minimum absolute atomic E-state index is 0.0236. The molecule has 0 aliphatic rings. The molecule has 0 N–H and O–H groups in total. The highest BCUT2D eigenvalue weighted by Crippen LogP contribution is 2.00. The standard InChI is InChI=1S/C14H14O4/c1-2-13(15)17-10-11-18-14(16)9-8-12-6-4-3-5-7-12/h2-9H,1,10-11H2/b9-8+. The van der Waals surface area contributed by atoms with Crippen LogP contribution in [0.15, 0.2) is 49.1 Å². The minimum Gasteiger partial charge on any atom is -0.459 e. The summed E-state index contributed by atoms with van der Waals surface area (Å²) < 4.78 is 9.47. The van der Waals surface area contributed by atoms with Crippen LogP contribution in [0.5, 0.6) is 0 Å². The fourth-order valence-electron chi connectivity index (χ4n) is 1.12. The van der Waals surface area contributed by atoms with E-state index in [1.165, 1.54) is 6.08 Å². The Morgan fingerprint density at radius 2 is 1.67 bits per heavy atom. The normalized spacial score (nSPS) is 10.0. The van der Waals surface area contributed by atoms with Crippen LogP contribution in [0.25, 0.3) is 6.08 Å². The van der Waals surface area contributed by atoms with E-state index in [0.717, 1.165) is 11.6 Å². The molecular weight excluding hydrogens is 232 g/mol. The molecule has 0 heterocycles. The lowest BCUT2D eigenvalue weighted by Gasteiger charge is -2.02. The van der Waals surface area contributed by atoms with Gasteiger partial charge in [-0.3, -0.25) is 0 Å². The van der Waals surface area contributed by atoms with E-state index in [9.17, 15) is 9.59 Å². The highest BCUT2D eigenvalue weighted by molar-refractivity contribution is 5.87. The number of carbonyl (C=O) groups excluding carboxylic acids is 2. The third kappa shape index (κ3) is 5.65. The van der Waals surface area contributed by atoms with Gasteiger partial charge in [-0.25, -0.2) is 9.59 Å². The summed E-state index contributed by atoms with van der Waals surface area (Å²) in [5.74, 6) is -1.01. The Kier molecular flexibility index (Phi) is 5.97. The molecule has 1 aromatic carbocycles. The van der Waals surface area contributed by atoms with Crippen LogP contribution < -0.4 is 0 Å². The van der Waals surface area contributed by atoms with Crippen LogP contribution in [0.1, 0.15) is 5.56 Å². The quantitative estimate of drug-likeness (QED) is 0.437. The van der Waals surface area contributed by atoms with E-state index in [0.29, 0.717) is 0 Å². The van der Waals surface area contributed by atoms with Crippen molar-refractivity contribution >= 4 is 18.0 Å². The summed E-state index contributed by atoms with van der Waals surface area (Å²) in [6.45, 7) is 3.29. The van der Waals surface area contributed by atoms with E-state index in [1.807, 2.05) is 30.3 Å². The predicted octanol–water partition coefficient (Wildman–Crippen LogP) is 1.97. The summed E-state index contributed by atoms with van der Waals surface area (Å²) in [5, 5.41) is 0. The fourth-order valence-corrected chi connectivity index (χ4v) is 1.12. The molecule has 94 valence electrons. The zero-order chi connectivity index (χ0) is 13.2. The topological polar surface area (TPSA) is 52.6 Å². The van der Waals surface area contributed by atoms with Crippen LogP contribution in [0.4, 0.5) is 0 Å². The van der Waals surface area contributed by atoms with Crippen molar-refractivity contribution in [2.45, 2.75) is 0 Å². The van der Waals surface area contributed by atoms with Crippen molar-refractivity contribution in [3.8, 4) is 0 Å². The van der Waals surface area contributed by atoms with Crippen LogP contribution in [0.2, 0.25) is 0 Å². The average Bonchev–Trinajstić information content (AvgIpc) is 2.42. The molecule has 0 spiro atoms. The molecule has 0 aromatic heterocycles. The smallest absolute Gasteiger partial charge is 0.330 e. The fraction of sp³-hybridized carbons (Fsp3) is 0.143. The van der Waals surface area contributed by atoms with Crippen LogP contribution in [0, 0.1) is 0 Å². The number of hydrogen-bond acceptors (Lipinski definition) is 4. The molecule has 0 unspecified atom stereocenters. The second-order valence-corrected chi connectivity index (χ2v) is 3.28. The van der Waals surface area contributed by atoms with Crippen LogP contribution in [-0.4, -0.2) is 25.2 Å². The van der Waals surface area contributed by atoms with Gasteiger partial charge in [0, 0.05) is 12.2 Å². The Labute approximate surface area is 106 Å². The van der Waals surface area contributed by atoms with Gasteiger partial charge in [0.15, 0.2) is 0 Å². The van der Waals surface area contributed by atoms with Gasteiger partial charge < -0.3 is 9.47 Å². The predicted molar refractivity (Wildman–Crippen MR) is 67.6 cm³/mol. The number of benzene rings is 1. The number of esters is 2. The van der Waals surface area contributed by atoms with E-state index in [-0.39, 0.29) is 13.2 Å². The van der Waals surface area contributed by atoms with Crippen molar-refractivity contribution in [2.24, 2.45) is 0 Å². The molecule has 0 radical (unpaired) electrons. The van der Waals surface area contributed by atoms with Gasteiger partial charge >= 0.3 is 11.9 Å². The molecule has 4 nitrogen and oxygen atoms in total. The first-order valence-electron chi connectivity index (χ1n) is 5.41. The Morgan fingerprint density at radius 3 is 2.28 bits per heavy atom. The lowest BCUT2D eigenvalue weighted by molar-refractivity contribution is -0.145. The second-order valence-electron chi connectivity index (χ2n) is 3.28. The summed E-state index contributed by atoms with van der Waals surface area (Å²) >= 11 is 0. The molecule has 0 saturated heterocycles. The minimum atomic E-state index is -0.536. The van der Waals surface area contributed by atoms with Gasteiger partial charge in [-0.2, -0.15) is 0 Å². The molecule has 0 fully saturated rings. The molecule has 1 rings (SSSR count). The lowest BCUT2D eigenvalue weighted by Crippen LogP contribution is -2.11. The summed E-state index contributed by atoms with van der Waals surface area (Å²) in [5.41, 5.74) is 0.910. The van der Waals surface area contributed by atoms with Gasteiger partial charge in [0.2, 0.25) is 0 Å². The third-order valence-corrected chi connectivity index (χ3v) is 1.95. The SMILES string of the molecule is C=CC(=O)OCCOC(=O)/C=C/c1ccccc1. The molecule has 0 amide bonds. The number of ether oxygens (including phenoxy) is 2. The van der Waals surface area contributed by atoms with E-state index in [1.54, 1.807) is 6.08 Å². The molecule has 0 aliphatic carbocycles. The van der Waals surface area contributed by atoms with Crippen molar-refractivity contribution in [1.29, 1.82) is 0 Å². The Balaban J connectivity index is 2.24. The van der Waals surface area contributed by atoms with Crippen LogP contribution in [0.3, 0.4) is 0 Å². The Hall–Kier alpha value is -2.36. The monoisotopic (exact) mass is 246 g/mol. The average molecular weight is 246 g/mol. The summed E-state index contributed by atoms with van der Waals surface area (Å²) in [6, 6.07) is 9.38. The molecule has 0 aliphatic heterocycles. The van der Waals surface area contributed by atoms with Gasteiger partial charge in [-0.15, -0.1) is 0 Å². The molecule has 1 aromatic rings. The summed E-state index contributed by atoms with van der Waals surface area (Å²) in [4.78, 5) is 21.9. The van der Waals surface area contributed by atoms with Crippen molar-refractivity contribution in [3.63, 3.8) is 0 Å². The first-order chi connectivity index (χ1) is 8.72. The van der Waals surface area contributed by atoms with Crippen molar-refractivity contribution in [3.05, 3.63) is 54.6 Å². The highest BCUT2D eigenvalue weighted by Gasteiger charge is 1.99. The number of rotatable bonds is 6. The third-order valence-electron chi connectivity index (χ3n) is 1.95. The van der Waals surface area contributed by atoms with Crippen molar-refractivity contribution in [2.75, 3.05) is 13.2 Å². The Morgan fingerprint density at radius 1 is 1.06 bits per heavy atom. The molecule has 18 heavy (non-hydrogen) atoms. The van der Waals surface area contributed by atoms with E-state index < -0.39 is 11.9 Å². The zero-order valence-electron chi connectivity index (χ0n) is 9.87. The molecule has 0 saturated carbocycles. The van der Waals surface area contributed by atoms with Crippen molar-refractivity contribution < 1.29 is 19.1 Å². The molecular formula is C14H14O4. The number of carbonyl (C=O) groups is 2. The van der Waals surface area contributed by atoms with Gasteiger partial charge in [-0.1, -0.05) is 36.9 Å². The van der Waals surface area contributed by atoms with Gasteiger partial charge in [0.25, 0.3) is 0 Å². The van der Waals surface area contributed by atoms with Crippen molar-refractivity contribution in [1.82, 2.24) is 0 Å². The first-order valence-corrected chi connectivity index (χ1v) is 5.41. The maximum absolute atomic E-state index is 11.3. The summed E-state index contributed by atoms with van der Waals surface area (Å²) in [6.07, 6.45) is 4.03. The summed E-state index contributed by atoms with van der Waals surface area (Å²) in [7, 11) is 0. The largest absolute Gasteiger partial charge is 0.459 e. The van der Waals surface area contributed by atoms with E-state index in [4.69, 9.17) is 4.74 Å². The lowest BCUT2D eigenvalue weighted by atomic mass is 10.2. The second kappa shape index (κ2) is 7.84. The number of hydrogen-bond donors (Lipinski definition) is 0. The van der Waals surface area contributed by atoms with E-state index >= 15 is 0 Å². The molecule has 0 bridgehead atoms. The maximum Gasteiger partial charge on any atom is 0.330 e. The molecule has 4 heteroatoms. The van der Waals surface area contributed by atoms with Gasteiger partial charge in [-0.05, 0) is 11.6 Å². The van der Waals surface area contributed by atoms with E-state index in [2.05, 4.69) is 11.3 Å². The molecule has 0 atom stereocenters. The van der Waals surface area contributed by atoms with Gasteiger partial charge in [0.1, 0.15) is 13.2 Å². The zero-order valence-corrected chi connectivity index (χ0v) is 9.87. The maximum atomic E-state index is 11.3. The Bertz CT molecular complexity index is 434. The first kappa shape index (κ1) is 13.7. The van der Waals surface area contributed by atoms with Crippen LogP contribution >= 0.6 is 0 Å². The van der Waals surface area contributed by atoms with Gasteiger partial charge in [0.05, 0.1) is 0 Å². The van der Waals surface area contributed by atoms with Crippen LogP contribution in [-0.2, 0) is 19.1 Å². The highest BCUT2D eigenvalue weighted by atomic mass is 16.6.